The molecule has 146 valence electrons. The van der Waals surface area contributed by atoms with Crippen LogP contribution in [0.25, 0.3) is 22.2 Å². The Hall–Kier alpha value is -3.22. The Labute approximate surface area is 168 Å². The first-order chi connectivity index (χ1) is 14.2. The number of hydrogen-bond acceptors (Lipinski definition) is 5. The van der Waals surface area contributed by atoms with Gasteiger partial charge >= 0.3 is 0 Å². The van der Waals surface area contributed by atoms with Crippen molar-refractivity contribution in [2.45, 2.75) is 31.8 Å². The van der Waals surface area contributed by atoms with Crippen LogP contribution in [0.3, 0.4) is 0 Å². The van der Waals surface area contributed by atoms with Crippen LogP contribution in [0.4, 0.5) is 11.5 Å². The number of aliphatic hydroxyl groups excluding tert-OH is 1. The van der Waals surface area contributed by atoms with Gasteiger partial charge in [0.2, 0.25) is 0 Å². The van der Waals surface area contributed by atoms with Crippen molar-refractivity contribution < 1.29 is 9.84 Å². The highest BCUT2D eigenvalue weighted by molar-refractivity contribution is 6.02. The van der Waals surface area contributed by atoms with E-state index in [1.165, 1.54) is 0 Å². The highest BCUT2D eigenvalue weighted by Gasteiger charge is 2.33. The second-order valence-corrected chi connectivity index (χ2v) is 7.33. The molecule has 0 radical (unpaired) electrons. The van der Waals surface area contributed by atoms with Gasteiger partial charge in [0.25, 0.3) is 0 Å². The van der Waals surface area contributed by atoms with Gasteiger partial charge in [-0.1, -0.05) is 48.5 Å². The fourth-order valence-electron chi connectivity index (χ4n) is 3.87. The zero-order valence-corrected chi connectivity index (χ0v) is 16.1. The maximum atomic E-state index is 10.2. The van der Waals surface area contributed by atoms with Crippen LogP contribution in [0, 0.1) is 0 Å². The van der Waals surface area contributed by atoms with Gasteiger partial charge in [0, 0.05) is 23.9 Å². The zero-order chi connectivity index (χ0) is 19.8. The maximum Gasteiger partial charge on any atom is 0.148 e. The molecule has 1 fully saturated rings. The Bertz CT molecular complexity index is 1120. The third kappa shape index (κ3) is 3.26. The minimum atomic E-state index is -0.485. The second kappa shape index (κ2) is 7.31. The highest BCUT2D eigenvalue weighted by atomic mass is 16.5. The van der Waals surface area contributed by atoms with Crippen molar-refractivity contribution in [3.05, 3.63) is 73.2 Å². The summed E-state index contributed by atoms with van der Waals surface area (Å²) in [5, 5.41) is 14.5. The molecule has 1 aliphatic rings. The average molecular weight is 386 g/mol. The molecule has 1 saturated heterocycles. The predicted octanol–water partition coefficient (Wildman–Crippen LogP) is 4.51. The highest BCUT2D eigenvalue weighted by Crippen LogP contribution is 2.39. The molecule has 0 bridgehead atoms. The third-order valence-electron chi connectivity index (χ3n) is 5.40. The monoisotopic (exact) mass is 386 g/mol. The standard InChI is InChI=1S/C23H22N4O2/c1-15-19(28)12-20(29-15)27-13-18(16-8-4-2-5-9-16)21-22(24-14-25-23(21)27)26-17-10-6-3-7-11-17/h2-11,13-15,19-20,28H,12H2,1H3,(H,24,25,26)/t15-,19+,20-/m1/s1. The summed E-state index contributed by atoms with van der Waals surface area (Å²) in [4.78, 5) is 9.11. The van der Waals surface area contributed by atoms with Gasteiger partial charge in [0.05, 0.1) is 17.6 Å². The maximum absolute atomic E-state index is 10.2. The molecule has 0 spiro atoms. The number of aliphatic hydroxyl groups is 1. The molecule has 2 N–H and O–H groups in total. The lowest BCUT2D eigenvalue weighted by atomic mass is 10.1. The summed E-state index contributed by atoms with van der Waals surface area (Å²) in [6.07, 6.45) is 3.20. The molecule has 29 heavy (non-hydrogen) atoms. The topological polar surface area (TPSA) is 72.2 Å². The first-order valence-electron chi connectivity index (χ1n) is 9.77. The van der Waals surface area contributed by atoms with Gasteiger partial charge in [-0.3, -0.25) is 0 Å². The van der Waals surface area contributed by atoms with Crippen LogP contribution in [-0.4, -0.2) is 31.8 Å². The number of nitrogens with one attached hydrogen (secondary N) is 1. The SMILES string of the molecule is C[C@H]1O[C@@H](n2cc(-c3ccccc3)c3c(Nc4ccccc4)ncnc32)C[C@@H]1O. The van der Waals surface area contributed by atoms with E-state index in [4.69, 9.17) is 4.74 Å². The zero-order valence-electron chi connectivity index (χ0n) is 16.1. The lowest BCUT2D eigenvalue weighted by Crippen LogP contribution is -2.15. The third-order valence-corrected chi connectivity index (χ3v) is 5.40. The molecule has 0 unspecified atom stereocenters. The van der Waals surface area contributed by atoms with Crippen molar-refractivity contribution in [3.8, 4) is 11.1 Å². The van der Waals surface area contributed by atoms with Crippen LogP contribution in [-0.2, 0) is 4.74 Å². The largest absolute Gasteiger partial charge is 0.390 e. The fourth-order valence-corrected chi connectivity index (χ4v) is 3.87. The predicted molar refractivity (Wildman–Crippen MR) is 113 cm³/mol. The van der Waals surface area contributed by atoms with Crippen LogP contribution in [0.5, 0.6) is 0 Å². The smallest absolute Gasteiger partial charge is 0.148 e. The van der Waals surface area contributed by atoms with Gasteiger partial charge in [0.1, 0.15) is 24.0 Å². The Morgan fingerprint density at radius 3 is 2.45 bits per heavy atom. The lowest BCUT2D eigenvalue weighted by Gasteiger charge is -2.13. The number of aromatic nitrogens is 3. The molecule has 0 amide bonds. The molecule has 2 aromatic heterocycles. The van der Waals surface area contributed by atoms with E-state index in [-0.39, 0.29) is 12.3 Å². The van der Waals surface area contributed by atoms with Gasteiger partial charge in [-0.2, -0.15) is 0 Å². The molecule has 1 aliphatic heterocycles. The molecule has 3 atom stereocenters. The second-order valence-electron chi connectivity index (χ2n) is 7.33. The molecule has 6 heteroatoms. The van der Waals surface area contributed by atoms with Gasteiger partial charge in [-0.05, 0) is 24.6 Å². The number of para-hydroxylation sites is 1. The summed E-state index contributed by atoms with van der Waals surface area (Å²) >= 11 is 0. The molecule has 5 rings (SSSR count). The van der Waals surface area contributed by atoms with Crippen LogP contribution < -0.4 is 5.32 Å². The number of ether oxygens (including phenoxy) is 1. The molecule has 4 aromatic rings. The van der Waals surface area contributed by atoms with E-state index in [0.29, 0.717) is 6.42 Å². The van der Waals surface area contributed by atoms with Crippen LogP contribution in [0.2, 0.25) is 0 Å². The van der Waals surface area contributed by atoms with Crippen molar-refractivity contribution >= 4 is 22.5 Å². The van der Waals surface area contributed by atoms with E-state index in [1.807, 2.05) is 60.0 Å². The van der Waals surface area contributed by atoms with Gasteiger partial charge < -0.3 is 19.7 Å². The van der Waals surface area contributed by atoms with E-state index in [0.717, 1.165) is 33.7 Å². The normalized spacial score (nSPS) is 21.5. The van der Waals surface area contributed by atoms with Crippen LogP contribution in [0.15, 0.2) is 73.2 Å². The summed E-state index contributed by atoms with van der Waals surface area (Å²) in [5.74, 6) is 0.741. The minimum Gasteiger partial charge on any atom is -0.390 e. The minimum absolute atomic E-state index is 0.207. The Morgan fingerprint density at radius 1 is 1.03 bits per heavy atom. The van der Waals surface area contributed by atoms with E-state index >= 15 is 0 Å². The summed E-state index contributed by atoms with van der Waals surface area (Å²) in [7, 11) is 0. The van der Waals surface area contributed by atoms with Gasteiger partial charge in [0.15, 0.2) is 0 Å². The van der Waals surface area contributed by atoms with Gasteiger partial charge in [-0.15, -0.1) is 0 Å². The first kappa shape index (κ1) is 17.8. The number of nitrogens with zero attached hydrogens (tertiary/aromatic N) is 3. The molecule has 0 saturated carbocycles. The van der Waals surface area contributed by atoms with Crippen molar-refractivity contribution in [1.29, 1.82) is 0 Å². The fraction of sp³-hybridized carbons (Fsp3) is 0.217. The molecule has 0 aliphatic carbocycles. The van der Waals surface area contributed by atoms with Crippen molar-refractivity contribution in [2.24, 2.45) is 0 Å². The summed E-state index contributed by atoms with van der Waals surface area (Å²) in [5.41, 5.74) is 3.84. The van der Waals surface area contributed by atoms with E-state index in [2.05, 4.69) is 33.6 Å². The van der Waals surface area contributed by atoms with E-state index in [9.17, 15) is 5.11 Å². The molecular weight excluding hydrogens is 364 g/mol. The molecule has 3 heterocycles. The number of rotatable bonds is 4. The number of fused-ring (bicyclic) bond motifs is 1. The quantitative estimate of drug-likeness (QED) is 0.540. The lowest BCUT2D eigenvalue weighted by molar-refractivity contribution is -0.00605. The van der Waals surface area contributed by atoms with Crippen molar-refractivity contribution in [3.63, 3.8) is 0 Å². The summed E-state index contributed by atoms with van der Waals surface area (Å²) in [6.45, 7) is 1.89. The molecular formula is C23H22N4O2. The number of anilines is 2. The van der Waals surface area contributed by atoms with Crippen LogP contribution in [0.1, 0.15) is 19.6 Å². The number of hydrogen-bond donors (Lipinski definition) is 2. The van der Waals surface area contributed by atoms with Crippen molar-refractivity contribution in [1.82, 2.24) is 14.5 Å². The Morgan fingerprint density at radius 2 is 1.76 bits per heavy atom. The Kier molecular flexibility index (Phi) is 4.50. The van der Waals surface area contributed by atoms with Crippen LogP contribution >= 0.6 is 0 Å². The average Bonchev–Trinajstić information content (AvgIpc) is 3.30. The molecule has 2 aromatic carbocycles. The number of benzene rings is 2. The van der Waals surface area contributed by atoms with Gasteiger partial charge in [-0.25, -0.2) is 9.97 Å². The van der Waals surface area contributed by atoms with E-state index < -0.39 is 6.10 Å². The molecule has 6 nitrogen and oxygen atoms in total. The summed E-state index contributed by atoms with van der Waals surface area (Å²) in [6, 6.07) is 20.2. The van der Waals surface area contributed by atoms with E-state index in [1.54, 1.807) is 6.33 Å². The summed E-state index contributed by atoms with van der Waals surface area (Å²) < 4.78 is 8.02. The van der Waals surface area contributed by atoms with Crippen molar-refractivity contribution in [2.75, 3.05) is 5.32 Å². The first-order valence-corrected chi connectivity index (χ1v) is 9.77. The Balaban J connectivity index is 1.69.